The van der Waals surface area contributed by atoms with Crippen LogP contribution in [0.15, 0.2) is 77.7 Å². The standard InChI is InChI=1S/C21H20N4O2/c26-14-18-8-9-19(27-18)21-20(16-5-2-1-3-6-16)24-15-25(21)12-11-23-17-7-4-10-22-13-17/h1-10,13,15,23,26H,11-12,14H2. The Balaban J connectivity index is 1.63. The zero-order valence-electron chi connectivity index (χ0n) is 14.7. The van der Waals surface area contributed by atoms with Crippen molar-refractivity contribution in [2.75, 3.05) is 11.9 Å². The van der Waals surface area contributed by atoms with Crippen molar-refractivity contribution in [1.82, 2.24) is 14.5 Å². The molecule has 0 saturated heterocycles. The number of aliphatic hydroxyl groups excluding tert-OH is 1. The Bertz CT molecular complexity index is 993. The molecule has 4 aromatic rings. The molecule has 0 radical (unpaired) electrons. The molecule has 0 fully saturated rings. The van der Waals surface area contributed by atoms with Gasteiger partial charge < -0.3 is 19.4 Å². The first-order chi connectivity index (χ1) is 13.3. The molecule has 0 amide bonds. The molecule has 0 saturated carbocycles. The van der Waals surface area contributed by atoms with E-state index in [4.69, 9.17) is 4.42 Å². The Kier molecular flexibility index (Phi) is 4.98. The van der Waals surface area contributed by atoms with E-state index in [0.717, 1.165) is 29.2 Å². The monoisotopic (exact) mass is 360 g/mol. The summed E-state index contributed by atoms with van der Waals surface area (Å²) in [5, 5.41) is 12.7. The zero-order valence-corrected chi connectivity index (χ0v) is 14.7. The molecule has 6 heteroatoms. The number of anilines is 1. The fraction of sp³-hybridized carbons (Fsp3) is 0.143. The van der Waals surface area contributed by atoms with Crippen LogP contribution in [0.25, 0.3) is 22.7 Å². The summed E-state index contributed by atoms with van der Waals surface area (Å²) in [4.78, 5) is 8.73. The number of rotatable bonds is 7. The highest BCUT2D eigenvalue weighted by atomic mass is 16.4. The highest BCUT2D eigenvalue weighted by molar-refractivity contribution is 5.76. The van der Waals surface area contributed by atoms with Crippen LogP contribution in [0.2, 0.25) is 0 Å². The number of aromatic nitrogens is 3. The average Bonchev–Trinajstić information content (AvgIpc) is 3.36. The van der Waals surface area contributed by atoms with Crippen LogP contribution >= 0.6 is 0 Å². The molecule has 2 N–H and O–H groups in total. The number of nitrogens with one attached hydrogen (secondary N) is 1. The molecule has 4 rings (SSSR count). The van der Waals surface area contributed by atoms with Gasteiger partial charge in [-0.1, -0.05) is 30.3 Å². The van der Waals surface area contributed by atoms with Gasteiger partial charge in [-0.25, -0.2) is 4.98 Å². The largest absolute Gasteiger partial charge is 0.457 e. The van der Waals surface area contributed by atoms with Gasteiger partial charge in [0.15, 0.2) is 5.76 Å². The fourth-order valence-corrected chi connectivity index (χ4v) is 3.00. The number of aliphatic hydroxyl groups is 1. The summed E-state index contributed by atoms with van der Waals surface area (Å²) in [6.07, 6.45) is 5.37. The molecule has 0 unspecified atom stereocenters. The Hall–Kier alpha value is -3.38. The molecule has 0 bridgehead atoms. The predicted octanol–water partition coefficient (Wildman–Crippen LogP) is 3.81. The minimum Gasteiger partial charge on any atom is -0.457 e. The Morgan fingerprint density at radius 2 is 1.93 bits per heavy atom. The van der Waals surface area contributed by atoms with Gasteiger partial charge in [-0.3, -0.25) is 4.98 Å². The quantitative estimate of drug-likeness (QED) is 0.524. The van der Waals surface area contributed by atoms with Crippen molar-refractivity contribution < 1.29 is 9.52 Å². The van der Waals surface area contributed by atoms with E-state index < -0.39 is 0 Å². The van der Waals surface area contributed by atoms with Gasteiger partial charge >= 0.3 is 0 Å². The van der Waals surface area contributed by atoms with Crippen molar-refractivity contribution in [3.8, 4) is 22.7 Å². The third kappa shape index (κ3) is 3.75. The van der Waals surface area contributed by atoms with Crippen LogP contribution in [0, 0.1) is 0 Å². The van der Waals surface area contributed by atoms with Crippen LogP contribution in [-0.2, 0) is 13.2 Å². The minimum absolute atomic E-state index is 0.128. The van der Waals surface area contributed by atoms with Gasteiger partial charge in [-0.15, -0.1) is 0 Å². The molecule has 0 aliphatic carbocycles. The summed E-state index contributed by atoms with van der Waals surface area (Å²) >= 11 is 0. The molecule has 136 valence electrons. The number of hydrogen-bond acceptors (Lipinski definition) is 5. The lowest BCUT2D eigenvalue weighted by Crippen LogP contribution is -2.10. The topological polar surface area (TPSA) is 76.1 Å². The zero-order chi connectivity index (χ0) is 18.5. The summed E-state index contributed by atoms with van der Waals surface area (Å²) < 4.78 is 7.86. The lowest BCUT2D eigenvalue weighted by molar-refractivity contribution is 0.248. The molecule has 6 nitrogen and oxygen atoms in total. The van der Waals surface area contributed by atoms with Gasteiger partial charge in [-0.2, -0.15) is 0 Å². The summed E-state index contributed by atoms with van der Waals surface area (Å²) in [7, 11) is 0. The first kappa shape index (κ1) is 17.1. The third-order valence-electron chi connectivity index (χ3n) is 4.28. The molecule has 1 aromatic carbocycles. The van der Waals surface area contributed by atoms with Crippen molar-refractivity contribution in [2.24, 2.45) is 0 Å². The van der Waals surface area contributed by atoms with E-state index in [9.17, 15) is 5.11 Å². The summed E-state index contributed by atoms with van der Waals surface area (Å²) in [6.45, 7) is 1.30. The van der Waals surface area contributed by atoms with E-state index in [-0.39, 0.29) is 6.61 Å². The van der Waals surface area contributed by atoms with Crippen molar-refractivity contribution >= 4 is 5.69 Å². The number of hydrogen-bond donors (Lipinski definition) is 2. The van der Waals surface area contributed by atoms with E-state index in [0.29, 0.717) is 18.1 Å². The van der Waals surface area contributed by atoms with Crippen LogP contribution in [0.4, 0.5) is 5.69 Å². The van der Waals surface area contributed by atoms with Crippen LogP contribution in [0.3, 0.4) is 0 Å². The Morgan fingerprint density at radius 1 is 1.04 bits per heavy atom. The van der Waals surface area contributed by atoms with Crippen LogP contribution in [-0.4, -0.2) is 26.2 Å². The van der Waals surface area contributed by atoms with Crippen molar-refractivity contribution in [3.05, 3.63) is 79.1 Å². The summed E-state index contributed by atoms with van der Waals surface area (Å²) in [5.41, 5.74) is 3.75. The smallest absolute Gasteiger partial charge is 0.153 e. The third-order valence-corrected chi connectivity index (χ3v) is 4.28. The number of pyridine rings is 1. The van der Waals surface area contributed by atoms with Gasteiger partial charge in [0.05, 0.1) is 17.7 Å². The molecule has 27 heavy (non-hydrogen) atoms. The molecular weight excluding hydrogens is 340 g/mol. The predicted molar refractivity (Wildman–Crippen MR) is 104 cm³/mol. The van der Waals surface area contributed by atoms with E-state index in [1.165, 1.54) is 0 Å². The maximum absolute atomic E-state index is 9.34. The van der Waals surface area contributed by atoms with Gasteiger partial charge in [0, 0.05) is 31.0 Å². The first-order valence-corrected chi connectivity index (χ1v) is 8.79. The Labute approximate surface area is 157 Å². The molecule has 0 aliphatic heterocycles. The Morgan fingerprint density at radius 3 is 2.67 bits per heavy atom. The second-order valence-corrected chi connectivity index (χ2v) is 6.09. The van der Waals surface area contributed by atoms with Crippen molar-refractivity contribution in [3.63, 3.8) is 0 Å². The lowest BCUT2D eigenvalue weighted by atomic mass is 10.1. The van der Waals surface area contributed by atoms with Gasteiger partial charge in [0.2, 0.25) is 0 Å². The second kappa shape index (κ2) is 7.88. The molecule has 3 heterocycles. The van der Waals surface area contributed by atoms with Gasteiger partial charge in [0.1, 0.15) is 18.1 Å². The maximum atomic E-state index is 9.34. The summed E-state index contributed by atoms with van der Waals surface area (Å²) in [6, 6.07) is 17.6. The van der Waals surface area contributed by atoms with Crippen LogP contribution in [0.1, 0.15) is 5.76 Å². The second-order valence-electron chi connectivity index (χ2n) is 6.09. The van der Waals surface area contributed by atoms with E-state index in [1.807, 2.05) is 54.9 Å². The normalized spacial score (nSPS) is 10.9. The SMILES string of the molecule is OCc1ccc(-c2c(-c3ccccc3)ncn2CCNc2cccnc2)o1. The number of furan rings is 1. The first-order valence-electron chi connectivity index (χ1n) is 8.79. The molecule has 0 atom stereocenters. The lowest BCUT2D eigenvalue weighted by Gasteiger charge is -2.10. The molecular formula is C21H20N4O2. The number of imidazole rings is 1. The molecule has 0 aliphatic rings. The molecule has 0 spiro atoms. The van der Waals surface area contributed by atoms with Crippen LogP contribution in [0.5, 0.6) is 0 Å². The highest BCUT2D eigenvalue weighted by Crippen LogP contribution is 2.32. The van der Waals surface area contributed by atoms with Crippen LogP contribution < -0.4 is 5.32 Å². The van der Waals surface area contributed by atoms with Gasteiger partial charge in [-0.05, 0) is 24.3 Å². The summed E-state index contributed by atoms with van der Waals surface area (Å²) in [5.74, 6) is 1.22. The van der Waals surface area contributed by atoms with Gasteiger partial charge in [0.25, 0.3) is 0 Å². The van der Waals surface area contributed by atoms with Crippen molar-refractivity contribution in [2.45, 2.75) is 13.2 Å². The maximum Gasteiger partial charge on any atom is 0.153 e. The minimum atomic E-state index is -0.128. The van der Waals surface area contributed by atoms with Crippen molar-refractivity contribution in [1.29, 1.82) is 0 Å². The van der Waals surface area contributed by atoms with E-state index >= 15 is 0 Å². The van der Waals surface area contributed by atoms with E-state index in [1.54, 1.807) is 18.5 Å². The highest BCUT2D eigenvalue weighted by Gasteiger charge is 2.18. The number of nitrogens with zero attached hydrogens (tertiary/aromatic N) is 3. The number of benzene rings is 1. The fourth-order valence-electron chi connectivity index (χ4n) is 3.00. The molecule has 3 aromatic heterocycles. The van der Waals surface area contributed by atoms with E-state index in [2.05, 4.69) is 19.9 Å². The average molecular weight is 360 g/mol.